The summed E-state index contributed by atoms with van der Waals surface area (Å²) in [6.07, 6.45) is 3.64. The molecule has 0 radical (unpaired) electrons. The minimum absolute atomic E-state index is 0.271. The zero-order chi connectivity index (χ0) is 12.8. The molecule has 0 bridgehead atoms. The molecule has 3 nitrogen and oxygen atoms in total. The summed E-state index contributed by atoms with van der Waals surface area (Å²) >= 11 is 0. The van der Waals surface area contributed by atoms with Gasteiger partial charge in [-0.15, -0.1) is 0 Å². The van der Waals surface area contributed by atoms with Crippen molar-refractivity contribution in [3.05, 3.63) is 54.4 Å². The van der Waals surface area contributed by atoms with E-state index in [0.717, 1.165) is 24.2 Å². The van der Waals surface area contributed by atoms with Gasteiger partial charge in [-0.05, 0) is 30.7 Å². The molecule has 1 unspecified atom stereocenters. The van der Waals surface area contributed by atoms with E-state index in [1.165, 1.54) is 0 Å². The summed E-state index contributed by atoms with van der Waals surface area (Å²) in [7, 11) is 0. The molecule has 0 amide bonds. The van der Waals surface area contributed by atoms with Gasteiger partial charge in [-0.1, -0.05) is 25.1 Å². The van der Waals surface area contributed by atoms with Gasteiger partial charge in [0, 0.05) is 24.4 Å². The van der Waals surface area contributed by atoms with Crippen molar-refractivity contribution in [2.24, 2.45) is 0 Å². The van der Waals surface area contributed by atoms with Crippen molar-refractivity contribution in [3.63, 3.8) is 0 Å². The third kappa shape index (κ3) is 3.23. The summed E-state index contributed by atoms with van der Waals surface area (Å²) in [5, 5.41) is 13.1. The number of aromatic hydroxyl groups is 1. The first-order chi connectivity index (χ1) is 8.79. The van der Waals surface area contributed by atoms with Crippen LogP contribution in [0.3, 0.4) is 0 Å². The summed E-state index contributed by atoms with van der Waals surface area (Å²) in [5.74, 6) is 0.289. The SMILES string of the molecule is CCC(Cc1ccccn1)Nc1ccccc1O. The standard InChI is InChI=1S/C15H18N2O/c1-2-12(11-13-7-5-6-10-16-13)17-14-8-3-4-9-15(14)18/h3-10,12,17-18H,2,11H2,1H3. The molecule has 1 atom stereocenters. The number of phenols is 1. The first-order valence-electron chi connectivity index (χ1n) is 6.24. The van der Waals surface area contributed by atoms with Gasteiger partial charge in [-0.2, -0.15) is 0 Å². The van der Waals surface area contributed by atoms with Gasteiger partial charge in [-0.3, -0.25) is 4.98 Å². The quantitative estimate of drug-likeness (QED) is 0.791. The van der Waals surface area contributed by atoms with Crippen molar-refractivity contribution in [2.45, 2.75) is 25.8 Å². The molecule has 0 aliphatic rings. The average Bonchev–Trinajstić information content (AvgIpc) is 2.41. The third-order valence-electron chi connectivity index (χ3n) is 2.94. The maximum Gasteiger partial charge on any atom is 0.138 e. The molecule has 2 aromatic rings. The highest BCUT2D eigenvalue weighted by molar-refractivity contribution is 5.55. The van der Waals surface area contributed by atoms with E-state index in [4.69, 9.17) is 0 Å². The number of anilines is 1. The second-order valence-electron chi connectivity index (χ2n) is 4.29. The van der Waals surface area contributed by atoms with Gasteiger partial charge in [0.15, 0.2) is 0 Å². The van der Waals surface area contributed by atoms with Gasteiger partial charge in [-0.25, -0.2) is 0 Å². The first-order valence-corrected chi connectivity index (χ1v) is 6.24. The fourth-order valence-corrected chi connectivity index (χ4v) is 1.88. The van der Waals surface area contributed by atoms with Gasteiger partial charge in [0.05, 0.1) is 5.69 Å². The summed E-state index contributed by atoms with van der Waals surface area (Å²) < 4.78 is 0. The Bertz CT molecular complexity index is 485. The molecular weight excluding hydrogens is 224 g/mol. The molecule has 0 spiro atoms. The van der Waals surface area contributed by atoms with Gasteiger partial charge in [0.25, 0.3) is 0 Å². The van der Waals surface area contributed by atoms with Gasteiger partial charge in [0.2, 0.25) is 0 Å². The lowest BCUT2D eigenvalue weighted by Gasteiger charge is -2.18. The molecular formula is C15H18N2O. The van der Waals surface area contributed by atoms with Crippen LogP contribution >= 0.6 is 0 Å². The van der Waals surface area contributed by atoms with E-state index in [9.17, 15) is 5.11 Å². The van der Waals surface area contributed by atoms with Crippen LogP contribution in [0.5, 0.6) is 5.75 Å². The van der Waals surface area contributed by atoms with Gasteiger partial charge < -0.3 is 10.4 Å². The van der Waals surface area contributed by atoms with E-state index >= 15 is 0 Å². The number of rotatable bonds is 5. The molecule has 0 saturated heterocycles. The smallest absolute Gasteiger partial charge is 0.138 e. The number of benzene rings is 1. The molecule has 3 heteroatoms. The highest BCUT2D eigenvalue weighted by Crippen LogP contribution is 2.23. The molecule has 94 valence electrons. The largest absolute Gasteiger partial charge is 0.506 e. The molecule has 0 aliphatic carbocycles. The molecule has 1 heterocycles. The zero-order valence-electron chi connectivity index (χ0n) is 10.5. The van der Waals surface area contributed by atoms with Crippen LogP contribution in [0, 0.1) is 0 Å². The van der Waals surface area contributed by atoms with Crippen LogP contribution in [0.1, 0.15) is 19.0 Å². The fraction of sp³-hybridized carbons (Fsp3) is 0.267. The van der Waals surface area contributed by atoms with Crippen molar-refractivity contribution in [3.8, 4) is 5.75 Å². The van der Waals surface area contributed by atoms with E-state index in [0.29, 0.717) is 0 Å². The van der Waals surface area contributed by atoms with E-state index in [2.05, 4.69) is 17.2 Å². The number of para-hydroxylation sites is 2. The van der Waals surface area contributed by atoms with Crippen LogP contribution in [0.25, 0.3) is 0 Å². The Balaban J connectivity index is 2.04. The van der Waals surface area contributed by atoms with Crippen LogP contribution in [0.15, 0.2) is 48.7 Å². The highest BCUT2D eigenvalue weighted by Gasteiger charge is 2.09. The molecule has 1 aromatic heterocycles. The Kier molecular flexibility index (Phi) is 4.18. The summed E-state index contributed by atoms with van der Waals surface area (Å²) in [6.45, 7) is 2.13. The maximum absolute atomic E-state index is 9.74. The van der Waals surface area contributed by atoms with E-state index in [-0.39, 0.29) is 11.8 Å². The predicted octanol–water partition coefficient (Wildman–Crippen LogP) is 3.22. The molecule has 0 fully saturated rings. The van der Waals surface area contributed by atoms with E-state index in [1.54, 1.807) is 6.07 Å². The Labute approximate surface area is 108 Å². The molecule has 2 rings (SSSR count). The van der Waals surface area contributed by atoms with Crippen molar-refractivity contribution >= 4 is 5.69 Å². The third-order valence-corrected chi connectivity index (χ3v) is 2.94. The van der Waals surface area contributed by atoms with E-state index < -0.39 is 0 Å². The number of phenolic OH excluding ortho intramolecular Hbond substituents is 1. The summed E-state index contributed by atoms with van der Waals surface area (Å²) in [5.41, 5.74) is 1.84. The number of pyridine rings is 1. The monoisotopic (exact) mass is 242 g/mol. The topological polar surface area (TPSA) is 45.2 Å². The molecule has 0 aliphatic heterocycles. The summed E-state index contributed by atoms with van der Waals surface area (Å²) in [4.78, 5) is 4.33. The van der Waals surface area contributed by atoms with Gasteiger partial charge >= 0.3 is 0 Å². The molecule has 2 N–H and O–H groups in total. The number of hydrogen-bond donors (Lipinski definition) is 2. The first kappa shape index (κ1) is 12.4. The highest BCUT2D eigenvalue weighted by atomic mass is 16.3. The lowest BCUT2D eigenvalue weighted by molar-refractivity contribution is 0.476. The van der Waals surface area contributed by atoms with Crippen molar-refractivity contribution in [2.75, 3.05) is 5.32 Å². The van der Waals surface area contributed by atoms with Crippen LogP contribution in [-0.2, 0) is 6.42 Å². The van der Waals surface area contributed by atoms with Crippen molar-refractivity contribution in [1.82, 2.24) is 4.98 Å². The van der Waals surface area contributed by atoms with Crippen LogP contribution in [-0.4, -0.2) is 16.1 Å². The second-order valence-corrected chi connectivity index (χ2v) is 4.29. The molecule has 1 aromatic carbocycles. The number of hydrogen-bond acceptors (Lipinski definition) is 3. The minimum atomic E-state index is 0.271. The Morgan fingerprint density at radius 2 is 1.94 bits per heavy atom. The maximum atomic E-state index is 9.74. The van der Waals surface area contributed by atoms with Crippen molar-refractivity contribution in [1.29, 1.82) is 0 Å². The number of nitrogens with one attached hydrogen (secondary N) is 1. The van der Waals surface area contributed by atoms with Crippen LogP contribution in [0.4, 0.5) is 5.69 Å². The second kappa shape index (κ2) is 6.05. The Morgan fingerprint density at radius 1 is 1.17 bits per heavy atom. The fourth-order valence-electron chi connectivity index (χ4n) is 1.88. The van der Waals surface area contributed by atoms with Crippen LogP contribution < -0.4 is 5.32 Å². The lowest BCUT2D eigenvalue weighted by Crippen LogP contribution is -2.21. The summed E-state index contributed by atoms with van der Waals surface area (Å²) in [6, 6.07) is 13.5. The number of aromatic nitrogens is 1. The van der Waals surface area contributed by atoms with Gasteiger partial charge in [0.1, 0.15) is 5.75 Å². The normalized spacial score (nSPS) is 12.1. The zero-order valence-corrected chi connectivity index (χ0v) is 10.5. The minimum Gasteiger partial charge on any atom is -0.506 e. The molecule has 18 heavy (non-hydrogen) atoms. The predicted molar refractivity (Wildman–Crippen MR) is 73.7 cm³/mol. The lowest BCUT2D eigenvalue weighted by atomic mass is 10.1. The average molecular weight is 242 g/mol. The number of nitrogens with zero attached hydrogens (tertiary/aromatic N) is 1. The van der Waals surface area contributed by atoms with Crippen LogP contribution in [0.2, 0.25) is 0 Å². The Morgan fingerprint density at radius 3 is 2.61 bits per heavy atom. The Hall–Kier alpha value is -2.03. The van der Waals surface area contributed by atoms with Crippen molar-refractivity contribution < 1.29 is 5.11 Å². The molecule has 0 saturated carbocycles. The van der Waals surface area contributed by atoms with E-state index in [1.807, 2.05) is 42.6 Å².